The van der Waals surface area contributed by atoms with Crippen LogP contribution in [0.5, 0.6) is 0 Å². The molecule has 3 N–H and O–H groups in total. The Morgan fingerprint density at radius 3 is 2.65 bits per heavy atom. The van der Waals surface area contributed by atoms with Crippen molar-refractivity contribution in [1.29, 1.82) is 0 Å². The van der Waals surface area contributed by atoms with Crippen LogP contribution in [0.1, 0.15) is 15.9 Å². The minimum Gasteiger partial charge on any atom is -0.351 e. The van der Waals surface area contributed by atoms with Crippen LogP contribution in [0.2, 0.25) is 0 Å². The van der Waals surface area contributed by atoms with Crippen LogP contribution in [-0.4, -0.2) is 64.7 Å². The fraction of sp³-hybridized carbons (Fsp3) is 0.533. The molecule has 8 heteroatoms. The molecule has 23 heavy (non-hydrogen) atoms. The van der Waals surface area contributed by atoms with Crippen molar-refractivity contribution in [1.82, 2.24) is 15.5 Å². The quantitative estimate of drug-likeness (QED) is 0.678. The Kier molecular flexibility index (Phi) is 5.97. The van der Waals surface area contributed by atoms with Crippen molar-refractivity contribution in [2.75, 3.05) is 50.2 Å². The fourth-order valence-electron chi connectivity index (χ4n) is 2.44. The predicted octanol–water partition coefficient (Wildman–Crippen LogP) is 0.00152. The molecule has 0 unspecified atom stereocenters. The van der Waals surface area contributed by atoms with E-state index in [9.17, 15) is 13.2 Å². The van der Waals surface area contributed by atoms with Gasteiger partial charge in [-0.3, -0.25) is 14.4 Å². The summed E-state index contributed by atoms with van der Waals surface area (Å²) in [5.74, 6) is -0.198. The Bertz CT molecular complexity index is 655. The van der Waals surface area contributed by atoms with Gasteiger partial charge in [-0.1, -0.05) is 6.07 Å². The maximum atomic E-state index is 12.2. The molecule has 0 aromatic heterocycles. The average Bonchev–Trinajstić information content (AvgIpc) is 2.49. The Morgan fingerprint density at radius 2 is 2.00 bits per heavy atom. The molecule has 2 rings (SSSR count). The number of nitrogens with one attached hydrogen (secondary N) is 3. The van der Waals surface area contributed by atoms with Crippen molar-refractivity contribution in [3.8, 4) is 0 Å². The molecule has 7 nitrogen and oxygen atoms in total. The first kappa shape index (κ1) is 17.7. The van der Waals surface area contributed by atoms with Gasteiger partial charge < -0.3 is 10.6 Å². The lowest BCUT2D eigenvalue weighted by Crippen LogP contribution is -2.46. The molecule has 0 spiro atoms. The van der Waals surface area contributed by atoms with Gasteiger partial charge in [0.1, 0.15) is 0 Å². The summed E-state index contributed by atoms with van der Waals surface area (Å²) in [6, 6.07) is 5.00. The summed E-state index contributed by atoms with van der Waals surface area (Å²) < 4.78 is 25.1. The van der Waals surface area contributed by atoms with Gasteiger partial charge in [-0.25, -0.2) is 8.42 Å². The molecular formula is C15H24N4O3S. The number of benzene rings is 1. The number of sulfonamides is 1. The second-order valence-electron chi connectivity index (χ2n) is 5.75. The Hall–Kier alpha value is -1.64. The Morgan fingerprint density at radius 1 is 1.30 bits per heavy atom. The predicted molar refractivity (Wildman–Crippen MR) is 91.3 cm³/mol. The van der Waals surface area contributed by atoms with E-state index in [0.29, 0.717) is 17.8 Å². The number of anilines is 1. The summed E-state index contributed by atoms with van der Waals surface area (Å²) in [7, 11) is -3.37. The first-order valence-corrected chi connectivity index (χ1v) is 9.54. The van der Waals surface area contributed by atoms with E-state index in [2.05, 4.69) is 20.3 Å². The molecule has 1 aromatic carbocycles. The summed E-state index contributed by atoms with van der Waals surface area (Å²) in [6.07, 6.45) is 1.09. The SMILES string of the molecule is Cc1ccc(C(=O)NCCN2CCNCC2)cc1NS(C)(=O)=O. The second-order valence-corrected chi connectivity index (χ2v) is 7.50. The molecular weight excluding hydrogens is 316 g/mol. The topological polar surface area (TPSA) is 90.5 Å². The number of hydrogen-bond acceptors (Lipinski definition) is 5. The van der Waals surface area contributed by atoms with Crippen LogP contribution in [0.3, 0.4) is 0 Å². The molecule has 128 valence electrons. The summed E-state index contributed by atoms with van der Waals surface area (Å²) in [4.78, 5) is 14.5. The zero-order chi connectivity index (χ0) is 16.9. The molecule has 1 aliphatic rings. The van der Waals surface area contributed by atoms with Crippen LogP contribution in [-0.2, 0) is 10.0 Å². The van der Waals surface area contributed by atoms with Gasteiger partial charge in [-0.05, 0) is 24.6 Å². The molecule has 1 heterocycles. The molecule has 0 aliphatic carbocycles. The van der Waals surface area contributed by atoms with E-state index in [-0.39, 0.29) is 5.91 Å². The number of piperazine rings is 1. The molecule has 0 saturated carbocycles. The zero-order valence-corrected chi connectivity index (χ0v) is 14.4. The first-order valence-electron chi connectivity index (χ1n) is 7.65. The summed E-state index contributed by atoms with van der Waals surface area (Å²) in [5.41, 5.74) is 1.65. The molecule has 1 amide bonds. The first-order chi connectivity index (χ1) is 10.8. The van der Waals surface area contributed by atoms with Gasteiger partial charge in [0.25, 0.3) is 5.91 Å². The van der Waals surface area contributed by atoms with Gasteiger partial charge in [-0.15, -0.1) is 0 Å². The molecule has 0 atom stereocenters. The average molecular weight is 340 g/mol. The van der Waals surface area contributed by atoms with Crippen molar-refractivity contribution in [2.45, 2.75) is 6.92 Å². The number of amides is 1. The molecule has 1 fully saturated rings. The third-order valence-corrected chi connectivity index (χ3v) is 4.31. The van der Waals surface area contributed by atoms with Gasteiger partial charge in [0, 0.05) is 44.8 Å². The maximum Gasteiger partial charge on any atom is 0.251 e. The number of carbonyl (C=O) groups is 1. The van der Waals surface area contributed by atoms with Crippen LogP contribution in [0.25, 0.3) is 0 Å². The van der Waals surface area contributed by atoms with E-state index < -0.39 is 10.0 Å². The normalized spacial score (nSPS) is 16.1. The third-order valence-electron chi connectivity index (χ3n) is 3.72. The van der Waals surface area contributed by atoms with Gasteiger partial charge in [-0.2, -0.15) is 0 Å². The van der Waals surface area contributed by atoms with Crippen molar-refractivity contribution >= 4 is 21.6 Å². The molecule has 0 bridgehead atoms. The van der Waals surface area contributed by atoms with Crippen LogP contribution in [0, 0.1) is 6.92 Å². The summed E-state index contributed by atoms with van der Waals surface area (Å²) in [6.45, 7) is 7.11. The van der Waals surface area contributed by atoms with E-state index in [0.717, 1.165) is 44.5 Å². The lowest BCUT2D eigenvalue weighted by atomic mass is 10.1. The molecule has 1 saturated heterocycles. The maximum absolute atomic E-state index is 12.2. The lowest BCUT2D eigenvalue weighted by molar-refractivity contribution is 0.0947. The number of aryl methyl sites for hydroxylation is 1. The van der Waals surface area contributed by atoms with Gasteiger partial charge in [0.2, 0.25) is 10.0 Å². The second kappa shape index (κ2) is 7.76. The summed E-state index contributed by atoms with van der Waals surface area (Å²) >= 11 is 0. The van der Waals surface area contributed by atoms with Crippen LogP contribution in [0.15, 0.2) is 18.2 Å². The van der Waals surface area contributed by atoms with E-state index in [1.807, 2.05) is 0 Å². The lowest BCUT2D eigenvalue weighted by Gasteiger charge is -2.27. The minimum atomic E-state index is -3.37. The van der Waals surface area contributed by atoms with Crippen LogP contribution >= 0.6 is 0 Å². The summed E-state index contributed by atoms with van der Waals surface area (Å²) in [5, 5.41) is 6.16. The van der Waals surface area contributed by atoms with E-state index in [1.54, 1.807) is 25.1 Å². The number of hydrogen-bond donors (Lipinski definition) is 3. The van der Waals surface area contributed by atoms with E-state index in [1.165, 1.54) is 0 Å². The van der Waals surface area contributed by atoms with Crippen LogP contribution in [0.4, 0.5) is 5.69 Å². The largest absolute Gasteiger partial charge is 0.351 e. The smallest absolute Gasteiger partial charge is 0.251 e. The highest BCUT2D eigenvalue weighted by atomic mass is 32.2. The number of carbonyl (C=O) groups excluding carboxylic acids is 1. The number of nitrogens with zero attached hydrogens (tertiary/aromatic N) is 1. The zero-order valence-electron chi connectivity index (χ0n) is 13.6. The Balaban J connectivity index is 1.92. The molecule has 0 radical (unpaired) electrons. The Labute approximate surface area is 137 Å². The third kappa shape index (κ3) is 5.81. The van der Waals surface area contributed by atoms with Crippen molar-refractivity contribution in [3.63, 3.8) is 0 Å². The highest BCUT2D eigenvalue weighted by Gasteiger charge is 2.12. The fourth-order valence-corrected chi connectivity index (χ4v) is 3.06. The molecule has 1 aliphatic heterocycles. The van der Waals surface area contributed by atoms with Gasteiger partial charge >= 0.3 is 0 Å². The van der Waals surface area contributed by atoms with Gasteiger partial charge in [0.05, 0.1) is 11.9 Å². The van der Waals surface area contributed by atoms with Crippen molar-refractivity contribution in [3.05, 3.63) is 29.3 Å². The van der Waals surface area contributed by atoms with Gasteiger partial charge in [0.15, 0.2) is 0 Å². The molecule has 1 aromatic rings. The van der Waals surface area contributed by atoms with E-state index in [4.69, 9.17) is 0 Å². The van der Waals surface area contributed by atoms with E-state index >= 15 is 0 Å². The monoisotopic (exact) mass is 340 g/mol. The minimum absolute atomic E-state index is 0.198. The van der Waals surface area contributed by atoms with Crippen LogP contribution < -0.4 is 15.4 Å². The highest BCUT2D eigenvalue weighted by Crippen LogP contribution is 2.18. The number of rotatable bonds is 6. The van der Waals surface area contributed by atoms with Crippen molar-refractivity contribution < 1.29 is 13.2 Å². The van der Waals surface area contributed by atoms with Crippen molar-refractivity contribution in [2.24, 2.45) is 0 Å². The highest BCUT2D eigenvalue weighted by molar-refractivity contribution is 7.92. The standard InChI is InChI=1S/C15H24N4O3S/c1-12-3-4-13(11-14(12)18-23(2,21)22)15(20)17-7-10-19-8-5-16-6-9-19/h3-4,11,16,18H,5-10H2,1-2H3,(H,17,20).